The molecule has 1 aliphatic rings. The molecule has 17 heavy (non-hydrogen) atoms. The van der Waals surface area contributed by atoms with Crippen LogP contribution in [0.2, 0.25) is 0 Å². The average molecular weight is 237 g/mol. The first-order valence-corrected chi connectivity index (χ1v) is 6.12. The second-order valence-corrected chi connectivity index (χ2v) is 4.62. The fourth-order valence-electron chi connectivity index (χ4n) is 1.85. The molecule has 0 aliphatic carbocycles. The van der Waals surface area contributed by atoms with Crippen molar-refractivity contribution < 1.29 is 9.53 Å². The molecule has 0 spiro atoms. The van der Waals surface area contributed by atoms with E-state index in [9.17, 15) is 4.79 Å². The fourth-order valence-corrected chi connectivity index (χ4v) is 1.85. The SMILES string of the molecule is CC(C)n1ccc(C(=O)NCC2CCCO2)n1. The summed E-state index contributed by atoms with van der Waals surface area (Å²) in [6.45, 7) is 5.44. The van der Waals surface area contributed by atoms with E-state index in [1.807, 2.05) is 20.0 Å². The molecule has 94 valence electrons. The lowest BCUT2D eigenvalue weighted by Gasteiger charge is -2.09. The van der Waals surface area contributed by atoms with Gasteiger partial charge in [0, 0.05) is 25.4 Å². The molecule has 0 saturated carbocycles. The first kappa shape index (κ1) is 12.1. The molecule has 1 aromatic heterocycles. The molecule has 1 aromatic rings. The number of nitrogens with one attached hydrogen (secondary N) is 1. The van der Waals surface area contributed by atoms with E-state index >= 15 is 0 Å². The summed E-state index contributed by atoms with van der Waals surface area (Å²) in [6, 6.07) is 2.01. The molecule has 5 nitrogen and oxygen atoms in total. The van der Waals surface area contributed by atoms with E-state index in [1.165, 1.54) is 0 Å². The zero-order valence-corrected chi connectivity index (χ0v) is 10.3. The molecule has 1 amide bonds. The minimum atomic E-state index is -0.125. The molecule has 1 fully saturated rings. The Balaban J connectivity index is 1.85. The van der Waals surface area contributed by atoms with E-state index in [2.05, 4.69) is 10.4 Å². The van der Waals surface area contributed by atoms with Crippen molar-refractivity contribution >= 4 is 5.91 Å². The van der Waals surface area contributed by atoms with Gasteiger partial charge in [-0.1, -0.05) is 0 Å². The Morgan fingerprint density at radius 1 is 1.71 bits per heavy atom. The van der Waals surface area contributed by atoms with Crippen molar-refractivity contribution in [3.8, 4) is 0 Å². The normalized spacial score (nSPS) is 19.8. The highest BCUT2D eigenvalue weighted by molar-refractivity contribution is 5.92. The predicted octanol–water partition coefficient (Wildman–Crippen LogP) is 1.37. The van der Waals surface area contributed by atoms with E-state index in [1.54, 1.807) is 10.7 Å². The van der Waals surface area contributed by atoms with Crippen LogP contribution in [0.15, 0.2) is 12.3 Å². The van der Waals surface area contributed by atoms with Crippen LogP contribution in [0, 0.1) is 0 Å². The average Bonchev–Trinajstić information content (AvgIpc) is 2.96. The lowest BCUT2D eigenvalue weighted by atomic mass is 10.2. The first-order chi connectivity index (χ1) is 8.16. The second kappa shape index (κ2) is 5.31. The van der Waals surface area contributed by atoms with Crippen LogP contribution < -0.4 is 5.32 Å². The number of carbonyl (C=O) groups excluding carboxylic acids is 1. The largest absolute Gasteiger partial charge is 0.376 e. The number of ether oxygens (including phenoxy) is 1. The van der Waals surface area contributed by atoms with Crippen LogP contribution in [0.4, 0.5) is 0 Å². The summed E-state index contributed by atoms with van der Waals surface area (Å²) in [6.07, 6.45) is 4.11. The maximum absolute atomic E-state index is 11.8. The van der Waals surface area contributed by atoms with Gasteiger partial charge in [-0.05, 0) is 32.8 Å². The highest BCUT2D eigenvalue weighted by Crippen LogP contribution is 2.11. The van der Waals surface area contributed by atoms with Crippen LogP contribution in [0.3, 0.4) is 0 Å². The van der Waals surface area contributed by atoms with Gasteiger partial charge in [-0.15, -0.1) is 0 Å². The quantitative estimate of drug-likeness (QED) is 0.860. The molecule has 0 aromatic carbocycles. The summed E-state index contributed by atoms with van der Waals surface area (Å²) in [5, 5.41) is 7.07. The predicted molar refractivity (Wildman–Crippen MR) is 63.9 cm³/mol. The smallest absolute Gasteiger partial charge is 0.271 e. The van der Waals surface area contributed by atoms with Crippen LogP contribution in [-0.4, -0.2) is 34.9 Å². The van der Waals surface area contributed by atoms with Gasteiger partial charge in [0.25, 0.3) is 5.91 Å². The van der Waals surface area contributed by atoms with Gasteiger partial charge in [0.1, 0.15) is 5.69 Å². The van der Waals surface area contributed by atoms with Crippen molar-refractivity contribution in [3.63, 3.8) is 0 Å². The number of nitrogens with zero attached hydrogens (tertiary/aromatic N) is 2. The number of carbonyl (C=O) groups is 1. The van der Waals surface area contributed by atoms with Gasteiger partial charge in [0.05, 0.1) is 6.10 Å². The lowest BCUT2D eigenvalue weighted by Crippen LogP contribution is -2.32. The highest BCUT2D eigenvalue weighted by Gasteiger charge is 2.17. The van der Waals surface area contributed by atoms with Gasteiger partial charge in [0.2, 0.25) is 0 Å². The minimum absolute atomic E-state index is 0.125. The Morgan fingerprint density at radius 2 is 2.53 bits per heavy atom. The first-order valence-electron chi connectivity index (χ1n) is 6.12. The van der Waals surface area contributed by atoms with Crippen LogP contribution in [0.25, 0.3) is 0 Å². The van der Waals surface area contributed by atoms with Crippen LogP contribution in [0.5, 0.6) is 0 Å². The van der Waals surface area contributed by atoms with E-state index in [4.69, 9.17) is 4.74 Å². The third-order valence-corrected chi connectivity index (χ3v) is 2.88. The molecule has 1 unspecified atom stereocenters. The summed E-state index contributed by atoms with van der Waals surface area (Å²) in [5.74, 6) is -0.125. The van der Waals surface area contributed by atoms with Crippen LogP contribution in [0.1, 0.15) is 43.2 Å². The number of hydrogen-bond donors (Lipinski definition) is 1. The zero-order chi connectivity index (χ0) is 12.3. The maximum Gasteiger partial charge on any atom is 0.271 e. The number of amides is 1. The topological polar surface area (TPSA) is 56.2 Å². The number of rotatable bonds is 4. The van der Waals surface area contributed by atoms with E-state index in [0.29, 0.717) is 12.2 Å². The Hall–Kier alpha value is -1.36. The molecule has 1 atom stereocenters. The molecule has 5 heteroatoms. The summed E-state index contributed by atoms with van der Waals surface area (Å²) in [5.41, 5.74) is 0.469. The van der Waals surface area contributed by atoms with Crippen molar-refractivity contribution in [1.82, 2.24) is 15.1 Å². The summed E-state index contributed by atoms with van der Waals surface area (Å²) in [4.78, 5) is 11.8. The van der Waals surface area contributed by atoms with Gasteiger partial charge in [-0.2, -0.15) is 5.10 Å². The third kappa shape index (κ3) is 3.06. The third-order valence-electron chi connectivity index (χ3n) is 2.88. The second-order valence-electron chi connectivity index (χ2n) is 4.62. The van der Waals surface area contributed by atoms with E-state index in [-0.39, 0.29) is 18.1 Å². The molecule has 1 N–H and O–H groups in total. The molecule has 1 saturated heterocycles. The van der Waals surface area contributed by atoms with Crippen molar-refractivity contribution in [2.24, 2.45) is 0 Å². The van der Waals surface area contributed by atoms with Crippen LogP contribution >= 0.6 is 0 Å². The molecular formula is C12H19N3O2. The van der Waals surface area contributed by atoms with Gasteiger partial charge < -0.3 is 10.1 Å². The molecule has 0 bridgehead atoms. The van der Waals surface area contributed by atoms with Gasteiger partial charge in [-0.3, -0.25) is 9.48 Å². The van der Waals surface area contributed by atoms with Gasteiger partial charge in [0.15, 0.2) is 0 Å². The van der Waals surface area contributed by atoms with Gasteiger partial charge >= 0.3 is 0 Å². The standard InChI is InChI=1S/C12H19N3O2/c1-9(2)15-6-5-11(14-15)12(16)13-8-10-4-3-7-17-10/h5-6,9-10H,3-4,7-8H2,1-2H3,(H,13,16). The molecule has 2 rings (SSSR count). The molecule has 2 heterocycles. The zero-order valence-electron chi connectivity index (χ0n) is 10.3. The van der Waals surface area contributed by atoms with E-state index in [0.717, 1.165) is 19.4 Å². The number of hydrogen-bond acceptors (Lipinski definition) is 3. The fraction of sp³-hybridized carbons (Fsp3) is 0.667. The summed E-state index contributed by atoms with van der Waals surface area (Å²) < 4.78 is 7.22. The maximum atomic E-state index is 11.8. The Kier molecular flexibility index (Phi) is 3.78. The minimum Gasteiger partial charge on any atom is -0.376 e. The molecule has 0 radical (unpaired) electrons. The van der Waals surface area contributed by atoms with Crippen molar-refractivity contribution in [3.05, 3.63) is 18.0 Å². The highest BCUT2D eigenvalue weighted by atomic mass is 16.5. The Bertz CT molecular complexity index is 381. The lowest BCUT2D eigenvalue weighted by molar-refractivity contribution is 0.0853. The van der Waals surface area contributed by atoms with E-state index < -0.39 is 0 Å². The van der Waals surface area contributed by atoms with Gasteiger partial charge in [-0.25, -0.2) is 0 Å². The van der Waals surface area contributed by atoms with Crippen molar-refractivity contribution in [1.29, 1.82) is 0 Å². The number of aromatic nitrogens is 2. The Morgan fingerprint density at radius 3 is 3.12 bits per heavy atom. The molecule has 1 aliphatic heterocycles. The Labute approximate surface area is 101 Å². The monoisotopic (exact) mass is 237 g/mol. The van der Waals surface area contributed by atoms with Crippen molar-refractivity contribution in [2.45, 2.75) is 38.8 Å². The van der Waals surface area contributed by atoms with Crippen molar-refractivity contribution in [2.75, 3.05) is 13.2 Å². The molecular weight excluding hydrogens is 218 g/mol. The summed E-state index contributed by atoms with van der Waals surface area (Å²) >= 11 is 0. The van der Waals surface area contributed by atoms with Crippen LogP contribution in [-0.2, 0) is 4.74 Å². The summed E-state index contributed by atoms with van der Waals surface area (Å²) in [7, 11) is 0.